The van der Waals surface area contributed by atoms with E-state index in [0.717, 1.165) is 32.6 Å². The second-order valence-electron chi connectivity index (χ2n) is 5.26. The number of amides is 1. The van der Waals surface area contributed by atoms with Gasteiger partial charge >= 0.3 is 0 Å². The second-order valence-corrected chi connectivity index (χ2v) is 6.34. The molecule has 0 aromatic heterocycles. The van der Waals surface area contributed by atoms with Crippen LogP contribution < -0.4 is 10.6 Å². The Morgan fingerprint density at radius 1 is 1.33 bits per heavy atom. The molecule has 1 aliphatic heterocycles. The number of piperazine rings is 1. The zero-order valence-corrected chi connectivity index (χ0v) is 12.1. The molecule has 104 valence electrons. The molecule has 2 unspecified atom stereocenters. The second kappa shape index (κ2) is 7.36. The number of nitrogens with zero attached hydrogens (tertiary/aromatic N) is 1. The van der Waals surface area contributed by atoms with Crippen molar-refractivity contribution in [3.05, 3.63) is 0 Å². The van der Waals surface area contributed by atoms with Crippen LogP contribution in [0, 0.1) is 0 Å². The zero-order valence-electron chi connectivity index (χ0n) is 11.3. The monoisotopic (exact) mass is 271 g/mol. The van der Waals surface area contributed by atoms with Crippen LogP contribution in [0.5, 0.6) is 0 Å². The van der Waals surface area contributed by atoms with Crippen LogP contribution in [0.15, 0.2) is 0 Å². The van der Waals surface area contributed by atoms with Gasteiger partial charge in [0, 0.05) is 37.5 Å². The lowest BCUT2D eigenvalue weighted by Gasteiger charge is -2.32. The molecule has 0 radical (unpaired) electrons. The number of carbonyl (C=O) groups excluding carboxylic acids is 1. The maximum atomic E-state index is 12.1. The third-order valence-corrected chi connectivity index (χ3v) is 5.10. The molecule has 0 spiro atoms. The Hall–Kier alpha value is -0.260. The van der Waals surface area contributed by atoms with E-state index in [1.165, 1.54) is 19.3 Å². The molecule has 0 aromatic rings. The van der Waals surface area contributed by atoms with Crippen molar-refractivity contribution in [1.82, 2.24) is 15.5 Å². The maximum absolute atomic E-state index is 12.1. The van der Waals surface area contributed by atoms with Crippen molar-refractivity contribution in [2.24, 2.45) is 0 Å². The van der Waals surface area contributed by atoms with Gasteiger partial charge in [0.05, 0.1) is 6.54 Å². The van der Waals surface area contributed by atoms with Gasteiger partial charge in [-0.3, -0.25) is 9.69 Å². The van der Waals surface area contributed by atoms with Gasteiger partial charge in [-0.1, -0.05) is 12.8 Å². The highest BCUT2D eigenvalue weighted by molar-refractivity contribution is 7.99. The first kappa shape index (κ1) is 14.2. The predicted octanol–water partition coefficient (Wildman–Crippen LogP) is 0.682. The van der Waals surface area contributed by atoms with E-state index in [2.05, 4.69) is 21.8 Å². The summed E-state index contributed by atoms with van der Waals surface area (Å²) in [4.78, 5) is 14.3. The summed E-state index contributed by atoms with van der Waals surface area (Å²) in [5, 5.41) is 7.17. The third kappa shape index (κ3) is 4.14. The number of thioether (sulfide) groups is 1. The molecule has 2 rings (SSSR count). The minimum atomic E-state index is 0.211. The van der Waals surface area contributed by atoms with E-state index in [4.69, 9.17) is 0 Å². The van der Waals surface area contributed by atoms with Crippen LogP contribution in [-0.2, 0) is 4.79 Å². The van der Waals surface area contributed by atoms with Gasteiger partial charge < -0.3 is 10.6 Å². The fraction of sp³-hybridized carbons (Fsp3) is 0.923. The summed E-state index contributed by atoms with van der Waals surface area (Å²) in [7, 11) is 0. The highest BCUT2D eigenvalue weighted by Crippen LogP contribution is 2.27. The molecule has 1 amide bonds. The first-order chi connectivity index (χ1) is 8.79. The van der Waals surface area contributed by atoms with Crippen LogP contribution in [0.25, 0.3) is 0 Å². The molecule has 0 bridgehead atoms. The Labute approximate surface area is 114 Å². The number of carbonyl (C=O) groups is 1. The smallest absolute Gasteiger partial charge is 0.234 e. The first-order valence-corrected chi connectivity index (χ1v) is 8.33. The molecule has 2 N–H and O–H groups in total. The molecular weight excluding hydrogens is 246 g/mol. The summed E-state index contributed by atoms with van der Waals surface area (Å²) in [5.74, 6) is 0.211. The van der Waals surface area contributed by atoms with E-state index in [1.807, 2.05) is 11.8 Å². The topological polar surface area (TPSA) is 44.4 Å². The van der Waals surface area contributed by atoms with E-state index in [-0.39, 0.29) is 5.91 Å². The molecule has 1 saturated carbocycles. The molecule has 2 atom stereocenters. The fourth-order valence-electron chi connectivity index (χ4n) is 2.87. The third-order valence-electron chi connectivity index (χ3n) is 3.93. The van der Waals surface area contributed by atoms with Gasteiger partial charge in [-0.25, -0.2) is 0 Å². The SMILES string of the molecule is CSC1CCCCC1NC(=O)CN1CCNCC1. The summed E-state index contributed by atoms with van der Waals surface area (Å²) < 4.78 is 0. The van der Waals surface area contributed by atoms with Gasteiger partial charge in [0.25, 0.3) is 0 Å². The number of hydrogen-bond acceptors (Lipinski definition) is 4. The minimum absolute atomic E-state index is 0.211. The average molecular weight is 271 g/mol. The van der Waals surface area contributed by atoms with Gasteiger partial charge in [0.15, 0.2) is 0 Å². The van der Waals surface area contributed by atoms with Gasteiger partial charge in [0.1, 0.15) is 0 Å². The van der Waals surface area contributed by atoms with Gasteiger partial charge in [-0.15, -0.1) is 0 Å². The highest BCUT2D eigenvalue weighted by atomic mass is 32.2. The van der Waals surface area contributed by atoms with E-state index in [9.17, 15) is 4.79 Å². The Bertz CT molecular complexity index is 269. The predicted molar refractivity (Wildman–Crippen MR) is 77.0 cm³/mol. The molecule has 1 saturated heterocycles. The lowest BCUT2D eigenvalue weighted by Crippen LogP contribution is -2.51. The summed E-state index contributed by atoms with van der Waals surface area (Å²) in [6.45, 7) is 4.56. The minimum Gasteiger partial charge on any atom is -0.351 e. The van der Waals surface area contributed by atoms with E-state index >= 15 is 0 Å². The quantitative estimate of drug-likeness (QED) is 0.789. The molecule has 5 heteroatoms. The Balaban J connectivity index is 1.75. The van der Waals surface area contributed by atoms with Gasteiger partial charge in [0.2, 0.25) is 5.91 Å². The number of hydrogen-bond donors (Lipinski definition) is 2. The van der Waals surface area contributed by atoms with Crippen molar-refractivity contribution in [2.45, 2.75) is 37.0 Å². The van der Waals surface area contributed by atoms with Crippen molar-refractivity contribution >= 4 is 17.7 Å². The van der Waals surface area contributed by atoms with Crippen LogP contribution in [0.4, 0.5) is 0 Å². The standard InChI is InChI=1S/C13H25N3OS/c1-18-12-5-3-2-4-11(12)15-13(17)10-16-8-6-14-7-9-16/h11-12,14H,2-10H2,1H3,(H,15,17). The lowest BCUT2D eigenvalue weighted by molar-refractivity contribution is -0.123. The van der Waals surface area contributed by atoms with Crippen LogP contribution in [-0.4, -0.2) is 61.1 Å². The molecule has 18 heavy (non-hydrogen) atoms. The van der Waals surface area contributed by atoms with Crippen LogP contribution in [0.1, 0.15) is 25.7 Å². The summed E-state index contributed by atoms with van der Waals surface area (Å²) in [6.07, 6.45) is 7.13. The summed E-state index contributed by atoms with van der Waals surface area (Å²) >= 11 is 1.90. The molecule has 0 aromatic carbocycles. The van der Waals surface area contributed by atoms with Crippen LogP contribution >= 0.6 is 11.8 Å². The van der Waals surface area contributed by atoms with Crippen molar-refractivity contribution in [3.8, 4) is 0 Å². The molecular formula is C13H25N3OS. The summed E-state index contributed by atoms with van der Waals surface area (Å²) in [6, 6.07) is 0.393. The molecule has 2 fully saturated rings. The normalized spacial score (nSPS) is 30.1. The molecule has 2 aliphatic rings. The van der Waals surface area contributed by atoms with E-state index in [0.29, 0.717) is 17.8 Å². The molecule has 1 heterocycles. The van der Waals surface area contributed by atoms with Gasteiger partial charge in [-0.2, -0.15) is 11.8 Å². The fourth-order valence-corrected chi connectivity index (χ4v) is 3.80. The van der Waals surface area contributed by atoms with Crippen molar-refractivity contribution < 1.29 is 4.79 Å². The Morgan fingerprint density at radius 3 is 2.78 bits per heavy atom. The maximum Gasteiger partial charge on any atom is 0.234 e. The average Bonchev–Trinajstić information content (AvgIpc) is 2.40. The number of nitrogens with one attached hydrogen (secondary N) is 2. The van der Waals surface area contributed by atoms with Gasteiger partial charge in [-0.05, 0) is 19.1 Å². The van der Waals surface area contributed by atoms with E-state index in [1.54, 1.807) is 0 Å². The van der Waals surface area contributed by atoms with E-state index < -0.39 is 0 Å². The molecule has 1 aliphatic carbocycles. The van der Waals surface area contributed by atoms with Crippen molar-refractivity contribution in [3.63, 3.8) is 0 Å². The lowest BCUT2D eigenvalue weighted by atomic mass is 9.95. The Kier molecular flexibility index (Phi) is 5.79. The van der Waals surface area contributed by atoms with Crippen molar-refractivity contribution in [1.29, 1.82) is 0 Å². The largest absolute Gasteiger partial charge is 0.351 e. The first-order valence-electron chi connectivity index (χ1n) is 7.05. The summed E-state index contributed by atoms with van der Waals surface area (Å²) in [5.41, 5.74) is 0. The van der Waals surface area contributed by atoms with Crippen LogP contribution in [0.2, 0.25) is 0 Å². The highest BCUT2D eigenvalue weighted by Gasteiger charge is 2.26. The Morgan fingerprint density at radius 2 is 2.06 bits per heavy atom. The number of rotatable bonds is 4. The van der Waals surface area contributed by atoms with Crippen molar-refractivity contribution in [2.75, 3.05) is 39.0 Å². The molecule has 4 nitrogen and oxygen atoms in total. The zero-order chi connectivity index (χ0) is 12.8. The van der Waals surface area contributed by atoms with Crippen LogP contribution in [0.3, 0.4) is 0 Å².